The molecule has 0 aromatic rings. The molecule has 0 saturated carbocycles. The van der Waals surface area contributed by atoms with Crippen molar-refractivity contribution in [2.24, 2.45) is 5.92 Å². The second kappa shape index (κ2) is 4.86. The first kappa shape index (κ1) is 11.6. The van der Waals surface area contributed by atoms with Crippen molar-refractivity contribution in [2.45, 2.75) is 59.4 Å². The van der Waals surface area contributed by atoms with E-state index in [2.05, 4.69) is 39.6 Å². The third kappa shape index (κ3) is 2.52. The molecule has 0 amide bonds. The molecule has 0 unspecified atom stereocenters. The summed E-state index contributed by atoms with van der Waals surface area (Å²) in [6.45, 7) is 9.21. The van der Waals surface area contributed by atoms with Crippen LogP contribution in [0.15, 0.2) is 11.3 Å². The lowest BCUT2D eigenvalue weighted by atomic mass is 9.88. The van der Waals surface area contributed by atoms with Gasteiger partial charge in [-0.3, -0.25) is 0 Å². The second-order valence-corrected chi connectivity index (χ2v) is 5.04. The van der Waals surface area contributed by atoms with Crippen molar-refractivity contribution in [1.82, 2.24) is 4.90 Å². The zero-order chi connectivity index (χ0) is 10.7. The molecule has 0 atom stereocenters. The molecule has 1 heteroatoms. The predicted molar refractivity (Wildman–Crippen MR) is 63.2 cm³/mol. The number of rotatable bonds is 3. The van der Waals surface area contributed by atoms with E-state index >= 15 is 0 Å². The van der Waals surface area contributed by atoms with Crippen LogP contribution >= 0.6 is 0 Å². The van der Waals surface area contributed by atoms with E-state index in [0.29, 0.717) is 6.04 Å². The van der Waals surface area contributed by atoms with Gasteiger partial charge in [0.1, 0.15) is 0 Å². The minimum Gasteiger partial charge on any atom is -0.375 e. The molecular weight excluding hydrogens is 170 g/mol. The maximum atomic E-state index is 2.47. The average molecular weight is 195 g/mol. The summed E-state index contributed by atoms with van der Waals surface area (Å²) in [6, 6.07) is 0.636. The fourth-order valence-corrected chi connectivity index (χ4v) is 2.25. The Balaban J connectivity index is 2.88. The minimum atomic E-state index is 0.636. The monoisotopic (exact) mass is 195 g/mol. The van der Waals surface area contributed by atoms with E-state index in [1.807, 2.05) is 0 Å². The number of nitrogens with zero attached hydrogens (tertiary/aromatic N) is 1. The van der Waals surface area contributed by atoms with Gasteiger partial charge in [-0.15, -0.1) is 0 Å². The Hall–Kier alpha value is -0.460. The Morgan fingerprint density at radius 2 is 1.57 bits per heavy atom. The van der Waals surface area contributed by atoms with Crippen molar-refractivity contribution < 1.29 is 0 Å². The van der Waals surface area contributed by atoms with Crippen molar-refractivity contribution in [1.29, 1.82) is 0 Å². The zero-order valence-electron chi connectivity index (χ0n) is 10.4. The fourth-order valence-electron chi connectivity index (χ4n) is 2.25. The molecular formula is C13H25N. The van der Waals surface area contributed by atoms with E-state index in [9.17, 15) is 0 Å². The molecule has 1 aliphatic rings. The first-order valence-corrected chi connectivity index (χ1v) is 5.98. The summed E-state index contributed by atoms with van der Waals surface area (Å²) in [5, 5.41) is 0. The lowest BCUT2D eigenvalue weighted by molar-refractivity contribution is 0.311. The molecule has 0 aromatic heterocycles. The lowest BCUT2D eigenvalue weighted by Crippen LogP contribution is -2.28. The maximum absolute atomic E-state index is 2.47. The Kier molecular flexibility index (Phi) is 4.03. The van der Waals surface area contributed by atoms with Crippen LogP contribution in [0.3, 0.4) is 0 Å². The van der Waals surface area contributed by atoms with Crippen LogP contribution in [0.4, 0.5) is 0 Å². The van der Waals surface area contributed by atoms with Crippen molar-refractivity contribution in [3.8, 4) is 0 Å². The summed E-state index contributed by atoms with van der Waals surface area (Å²) < 4.78 is 0. The molecule has 82 valence electrons. The highest BCUT2D eigenvalue weighted by molar-refractivity contribution is 5.18. The van der Waals surface area contributed by atoms with Gasteiger partial charge < -0.3 is 4.90 Å². The number of allylic oxidation sites excluding steroid dienone is 2. The van der Waals surface area contributed by atoms with Gasteiger partial charge in [0.25, 0.3) is 0 Å². The van der Waals surface area contributed by atoms with Crippen LogP contribution < -0.4 is 0 Å². The fraction of sp³-hybridized carbons (Fsp3) is 0.846. The number of hydrogen-bond acceptors (Lipinski definition) is 1. The summed E-state index contributed by atoms with van der Waals surface area (Å²) in [7, 11) is 2.24. The first-order valence-electron chi connectivity index (χ1n) is 5.98. The van der Waals surface area contributed by atoms with Gasteiger partial charge >= 0.3 is 0 Å². The van der Waals surface area contributed by atoms with Gasteiger partial charge in [0.15, 0.2) is 0 Å². The highest BCUT2D eigenvalue weighted by Crippen LogP contribution is 2.31. The Morgan fingerprint density at radius 1 is 1.00 bits per heavy atom. The molecule has 0 fully saturated rings. The van der Waals surface area contributed by atoms with Gasteiger partial charge in [0, 0.05) is 18.8 Å². The highest BCUT2D eigenvalue weighted by Gasteiger charge is 2.19. The normalized spacial score (nSPS) is 18.2. The van der Waals surface area contributed by atoms with Crippen molar-refractivity contribution in [3.63, 3.8) is 0 Å². The van der Waals surface area contributed by atoms with Gasteiger partial charge in [-0.2, -0.15) is 0 Å². The molecule has 0 radical (unpaired) electrons. The summed E-state index contributed by atoms with van der Waals surface area (Å²) in [5.41, 5.74) is 3.33. The standard InChI is InChI=1S/C13H25N/c1-10(2)12-8-6-7-9-13(12)14(5)11(3)4/h10-11H,6-9H2,1-5H3. The SMILES string of the molecule is CC(C)C1=C(N(C)C(C)C)CCCC1. The summed E-state index contributed by atoms with van der Waals surface area (Å²) in [6.07, 6.45) is 5.39. The molecule has 0 N–H and O–H groups in total. The van der Waals surface area contributed by atoms with E-state index in [4.69, 9.17) is 0 Å². The maximum Gasteiger partial charge on any atom is 0.0227 e. The minimum absolute atomic E-state index is 0.636. The van der Waals surface area contributed by atoms with Crippen LogP contribution in [0.25, 0.3) is 0 Å². The molecule has 0 heterocycles. The van der Waals surface area contributed by atoms with E-state index in [1.165, 1.54) is 25.7 Å². The van der Waals surface area contributed by atoms with Gasteiger partial charge in [-0.25, -0.2) is 0 Å². The van der Waals surface area contributed by atoms with E-state index < -0.39 is 0 Å². The molecule has 0 bridgehead atoms. The molecule has 1 nitrogen and oxygen atoms in total. The molecule has 0 aromatic carbocycles. The highest BCUT2D eigenvalue weighted by atomic mass is 15.1. The van der Waals surface area contributed by atoms with Crippen LogP contribution in [0.5, 0.6) is 0 Å². The molecule has 1 rings (SSSR count). The second-order valence-electron chi connectivity index (χ2n) is 5.04. The summed E-state index contributed by atoms with van der Waals surface area (Å²) >= 11 is 0. The van der Waals surface area contributed by atoms with Gasteiger partial charge in [-0.05, 0) is 51.0 Å². The molecule has 0 aliphatic heterocycles. The van der Waals surface area contributed by atoms with E-state index in [-0.39, 0.29) is 0 Å². The van der Waals surface area contributed by atoms with Crippen molar-refractivity contribution >= 4 is 0 Å². The van der Waals surface area contributed by atoms with Crippen LogP contribution in [-0.4, -0.2) is 18.0 Å². The van der Waals surface area contributed by atoms with Gasteiger partial charge in [0.05, 0.1) is 0 Å². The average Bonchev–Trinajstić information content (AvgIpc) is 2.16. The summed E-state index contributed by atoms with van der Waals surface area (Å²) in [5.74, 6) is 0.728. The van der Waals surface area contributed by atoms with Crippen molar-refractivity contribution in [3.05, 3.63) is 11.3 Å². The Morgan fingerprint density at radius 3 is 2.07 bits per heavy atom. The topological polar surface area (TPSA) is 3.24 Å². The third-order valence-corrected chi connectivity index (χ3v) is 3.38. The molecule has 0 spiro atoms. The van der Waals surface area contributed by atoms with Crippen LogP contribution in [-0.2, 0) is 0 Å². The van der Waals surface area contributed by atoms with Gasteiger partial charge in [-0.1, -0.05) is 13.8 Å². The van der Waals surface area contributed by atoms with E-state index in [1.54, 1.807) is 11.3 Å². The summed E-state index contributed by atoms with van der Waals surface area (Å²) in [4.78, 5) is 2.47. The van der Waals surface area contributed by atoms with Crippen molar-refractivity contribution in [2.75, 3.05) is 7.05 Å². The Labute approximate surface area is 89.2 Å². The zero-order valence-corrected chi connectivity index (χ0v) is 10.4. The predicted octanol–water partition coefficient (Wildman–Crippen LogP) is 3.81. The van der Waals surface area contributed by atoms with Gasteiger partial charge in [0.2, 0.25) is 0 Å². The third-order valence-electron chi connectivity index (χ3n) is 3.38. The molecule has 1 aliphatic carbocycles. The van der Waals surface area contributed by atoms with Crippen LogP contribution in [0, 0.1) is 5.92 Å². The quantitative estimate of drug-likeness (QED) is 0.662. The van der Waals surface area contributed by atoms with Crippen LogP contribution in [0.1, 0.15) is 53.4 Å². The number of hydrogen-bond donors (Lipinski definition) is 0. The molecule has 0 saturated heterocycles. The largest absolute Gasteiger partial charge is 0.375 e. The van der Waals surface area contributed by atoms with Crippen LogP contribution in [0.2, 0.25) is 0 Å². The smallest absolute Gasteiger partial charge is 0.0227 e. The first-order chi connectivity index (χ1) is 6.54. The lowest BCUT2D eigenvalue weighted by Gasteiger charge is -2.33. The molecule has 14 heavy (non-hydrogen) atoms. The Bertz CT molecular complexity index is 213. The van der Waals surface area contributed by atoms with E-state index in [0.717, 1.165) is 5.92 Å².